The van der Waals surface area contributed by atoms with E-state index in [0.717, 1.165) is 6.07 Å². The van der Waals surface area contributed by atoms with Crippen molar-refractivity contribution >= 4 is 39.3 Å². The van der Waals surface area contributed by atoms with Crippen LogP contribution in [-0.4, -0.2) is 36.0 Å². The van der Waals surface area contributed by atoms with Crippen molar-refractivity contribution < 1.29 is 27.7 Å². The van der Waals surface area contributed by atoms with Gasteiger partial charge < -0.3 is 16.2 Å². The first-order chi connectivity index (χ1) is 9.61. The number of amides is 1. The molecule has 5 N–H and O–H groups in total. The van der Waals surface area contributed by atoms with Crippen LogP contribution in [0.15, 0.2) is 23.1 Å². The summed E-state index contributed by atoms with van der Waals surface area (Å²) in [6, 6.07) is 2.37. The van der Waals surface area contributed by atoms with Crippen LogP contribution in [-0.2, 0) is 19.7 Å². The van der Waals surface area contributed by atoms with Crippen molar-refractivity contribution in [2.24, 2.45) is 5.73 Å². The van der Waals surface area contributed by atoms with Gasteiger partial charge in [-0.15, -0.1) is 0 Å². The number of hydrogen-bond donors (Lipinski definition) is 4. The van der Waals surface area contributed by atoms with Gasteiger partial charge in [0.15, 0.2) is 0 Å². The number of anilines is 1. The fraction of sp³-hybridized carbons (Fsp3) is 0.273. The lowest BCUT2D eigenvalue weighted by Gasteiger charge is -2.09. The molecule has 1 amide bonds. The molecule has 1 atom stereocenters. The number of aliphatic carboxylic acids is 1. The monoisotopic (exact) mass is 336 g/mol. The second-order valence-corrected chi connectivity index (χ2v) is 5.95. The van der Waals surface area contributed by atoms with Gasteiger partial charge in [0.05, 0.1) is 5.02 Å². The van der Waals surface area contributed by atoms with E-state index in [1.807, 2.05) is 0 Å². The van der Waals surface area contributed by atoms with E-state index in [9.17, 15) is 18.0 Å². The summed E-state index contributed by atoms with van der Waals surface area (Å²) in [7, 11) is -4.51. The van der Waals surface area contributed by atoms with Gasteiger partial charge in [-0.3, -0.25) is 14.1 Å². The van der Waals surface area contributed by atoms with Crippen molar-refractivity contribution in [2.75, 3.05) is 5.32 Å². The number of halogens is 1. The van der Waals surface area contributed by atoms with E-state index < -0.39 is 32.9 Å². The third-order valence-electron chi connectivity index (χ3n) is 2.49. The predicted molar refractivity (Wildman–Crippen MR) is 74.7 cm³/mol. The molecule has 0 fully saturated rings. The minimum absolute atomic E-state index is 0.0695. The molecule has 0 aliphatic heterocycles. The first-order valence-corrected chi connectivity index (χ1v) is 7.48. The van der Waals surface area contributed by atoms with E-state index in [-0.39, 0.29) is 23.6 Å². The quantitative estimate of drug-likeness (QED) is 0.559. The molecule has 1 aromatic rings. The summed E-state index contributed by atoms with van der Waals surface area (Å²) in [6.45, 7) is 0. The van der Waals surface area contributed by atoms with Crippen molar-refractivity contribution in [1.82, 2.24) is 0 Å². The minimum Gasteiger partial charge on any atom is -0.480 e. The van der Waals surface area contributed by atoms with Gasteiger partial charge in [0.2, 0.25) is 5.91 Å². The summed E-state index contributed by atoms with van der Waals surface area (Å²) < 4.78 is 31.1. The third kappa shape index (κ3) is 5.31. The maximum atomic E-state index is 11.6. The highest BCUT2D eigenvalue weighted by Crippen LogP contribution is 2.24. The molecule has 0 aliphatic carbocycles. The average molecular weight is 337 g/mol. The molecule has 0 bridgehead atoms. The van der Waals surface area contributed by atoms with Crippen molar-refractivity contribution in [1.29, 1.82) is 0 Å². The first-order valence-electron chi connectivity index (χ1n) is 5.66. The Bertz CT molecular complexity index is 661. The van der Waals surface area contributed by atoms with Crippen LogP contribution in [0, 0.1) is 0 Å². The Hall–Kier alpha value is -1.68. The molecule has 10 heteroatoms. The van der Waals surface area contributed by atoms with Gasteiger partial charge in [-0.05, 0) is 24.6 Å². The van der Waals surface area contributed by atoms with Crippen molar-refractivity contribution in [3.63, 3.8) is 0 Å². The van der Waals surface area contributed by atoms with E-state index >= 15 is 0 Å². The van der Waals surface area contributed by atoms with Gasteiger partial charge in [-0.1, -0.05) is 11.6 Å². The Morgan fingerprint density at radius 3 is 2.52 bits per heavy atom. The molecule has 0 radical (unpaired) electrons. The Balaban J connectivity index is 2.76. The maximum Gasteiger partial charge on any atom is 0.320 e. The Morgan fingerprint density at radius 2 is 2.00 bits per heavy atom. The average Bonchev–Trinajstić information content (AvgIpc) is 2.36. The summed E-state index contributed by atoms with van der Waals surface area (Å²) in [5.41, 5.74) is 5.35. The van der Waals surface area contributed by atoms with Gasteiger partial charge in [0.25, 0.3) is 10.1 Å². The van der Waals surface area contributed by atoms with Crippen LogP contribution in [0.25, 0.3) is 0 Å². The van der Waals surface area contributed by atoms with Gasteiger partial charge in [0, 0.05) is 12.1 Å². The normalized spacial score (nSPS) is 12.7. The molecule has 0 spiro atoms. The van der Waals surface area contributed by atoms with E-state index in [2.05, 4.69) is 5.32 Å². The van der Waals surface area contributed by atoms with Crippen LogP contribution < -0.4 is 11.1 Å². The summed E-state index contributed by atoms with van der Waals surface area (Å²) in [6.07, 6.45) is -0.225. The number of benzene rings is 1. The first kappa shape index (κ1) is 17.4. The van der Waals surface area contributed by atoms with Crippen molar-refractivity contribution in [2.45, 2.75) is 23.8 Å². The zero-order valence-electron chi connectivity index (χ0n) is 10.6. The molecule has 8 nitrogen and oxygen atoms in total. The predicted octanol–water partition coefficient (Wildman–Crippen LogP) is 0.717. The number of carbonyl (C=O) groups is 2. The molecule has 0 saturated heterocycles. The molecule has 0 unspecified atom stereocenters. The number of carboxylic acids is 1. The van der Waals surface area contributed by atoms with E-state index in [0.29, 0.717) is 0 Å². The third-order valence-corrected chi connectivity index (χ3v) is 3.83. The molecule has 0 heterocycles. The highest BCUT2D eigenvalue weighted by atomic mass is 35.5. The van der Waals surface area contributed by atoms with Crippen molar-refractivity contribution in [3.05, 3.63) is 23.2 Å². The highest BCUT2D eigenvalue weighted by Gasteiger charge is 2.17. The fourth-order valence-corrected chi connectivity index (χ4v) is 2.41. The SMILES string of the molecule is N[C@@H](CCC(=O)Nc1ccc(Cl)c(S(=O)(=O)O)c1)C(=O)O. The lowest BCUT2D eigenvalue weighted by atomic mass is 10.1. The summed E-state index contributed by atoms with van der Waals surface area (Å²) in [4.78, 5) is 21.5. The number of carboxylic acid groups (broad SMARTS) is 1. The maximum absolute atomic E-state index is 11.6. The summed E-state index contributed by atoms with van der Waals surface area (Å²) in [5, 5.41) is 10.7. The van der Waals surface area contributed by atoms with E-state index in [4.69, 9.17) is 27.0 Å². The number of rotatable bonds is 6. The Kier molecular flexibility index (Phi) is 5.67. The van der Waals surface area contributed by atoms with Gasteiger partial charge in [-0.25, -0.2) is 0 Å². The fourth-order valence-electron chi connectivity index (χ4n) is 1.41. The smallest absolute Gasteiger partial charge is 0.320 e. The topological polar surface area (TPSA) is 147 Å². The lowest BCUT2D eigenvalue weighted by molar-refractivity contribution is -0.138. The Morgan fingerprint density at radius 1 is 1.38 bits per heavy atom. The van der Waals surface area contributed by atoms with Crippen LogP contribution in [0.4, 0.5) is 5.69 Å². The molecule has 0 aromatic heterocycles. The highest BCUT2D eigenvalue weighted by molar-refractivity contribution is 7.86. The second-order valence-electron chi connectivity index (χ2n) is 4.15. The molecular weight excluding hydrogens is 324 g/mol. The second kappa shape index (κ2) is 6.85. The lowest BCUT2D eigenvalue weighted by Crippen LogP contribution is -2.31. The van der Waals surface area contributed by atoms with Crippen LogP contribution in [0.2, 0.25) is 5.02 Å². The van der Waals surface area contributed by atoms with Gasteiger partial charge in [0.1, 0.15) is 10.9 Å². The molecule has 0 aliphatic rings. The molecule has 0 saturated carbocycles. The van der Waals surface area contributed by atoms with Crippen LogP contribution >= 0.6 is 11.6 Å². The van der Waals surface area contributed by atoms with Crippen LogP contribution in [0.5, 0.6) is 0 Å². The molecule has 116 valence electrons. The Labute approximate surface area is 125 Å². The van der Waals surface area contributed by atoms with Gasteiger partial charge >= 0.3 is 5.97 Å². The minimum atomic E-state index is -4.51. The molecule has 1 rings (SSSR count). The van der Waals surface area contributed by atoms with Crippen LogP contribution in [0.1, 0.15) is 12.8 Å². The molecule has 21 heavy (non-hydrogen) atoms. The summed E-state index contributed by atoms with van der Waals surface area (Å²) in [5.74, 6) is -1.77. The number of nitrogens with two attached hydrogens (primary N) is 1. The molecular formula is C11H13ClN2O6S. The summed E-state index contributed by atoms with van der Waals surface area (Å²) >= 11 is 5.62. The standard InChI is InChI=1S/C11H13ClN2O6S/c12-7-2-1-6(5-9(7)21(18,19)20)14-10(15)4-3-8(13)11(16)17/h1-2,5,8H,3-4,13H2,(H,14,15)(H,16,17)(H,18,19,20)/t8-/m0/s1. The number of nitrogens with one attached hydrogen (secondary N) is 1. The van der Waals surface area contributed by atoms with E-state index in [1.54, 1.807) is 0 Å². The molecule has 1 aromatic carbocycles. The number of hydrogen-bond acceptors (Lipinski definition) is 5. The largest absolute Gasteiger partial charge is 0.480 e. The number of carbonyl (C=O) groups excluding carboxylic acids is 1. The zero-order chi connectivity index (χ0) is 16.2. The van der Waals surface area contributed by atoms with Crippen molar-refractivity contribution in [3.8, 4) is 0 Å². The van der Waals surface area contributed by atoms with E-state index in [1.165, 1.54) is 12.1 Å². The van der Waals surface area contributed by atoms with Gasteiger partial charge in [-0.2, -0.15) is 8.42 Å². The zero-order valence-corrected chi connectivity index (χ0v) is 12.2. The van der Waals surface area contributed by atoms with Crippen LogP contribution in [0.3, 0.4) is 0 Å².